The molecule has 1 aliphatic heterocycles. The molecule has 0 radical (unpaired) electrons. The smallest absolute Gasteiger partial charge is 0.273 e. The van der Waals surface area contributed by atoms with Gasteiger partial charge >= 0.3 is 0 Å². The molecule has 0 fully saturated rings. The van der Waals surface area contributed by atoms with Crippen molar-refractivity contribution in [1.29, 1.82) is 0 Å². The fourth-order valence-electron chi connectivity index (χ4n) is 3.88. The number of rotatable bonds is 2. The Morgan fingerprint density at radius 2 is 2.00 bits per heavy atom. The number of amides is 1. The number of carbonyl (C=O) groups excluding carboxylic acids is 1. The number of aromatic nitrogens is 6. The third-order valence-corrected chi connectivity index (χ3v) is 5.33. The first-order chi connectivity index (χ1) is 13.6. The van der Waals surface area contributed by atoms with Crippen LogP contribution in [-0.2, 0) is 27.1 Å². The summed E-state index contributed by atoms with van der Waals surface area (Å²) in [4.78, 5) is 19.5. The maximum Gasteiger partial charge on any atom is 0.273 e. The highest BCUT2D eigenvalue weighted by atomic mass is 16.2. The summed E-state index contributed by atoms with van der Waals surface area (Å²) in [5.41, 5.74) is 3.43. The number of benzene rings is 1. The van der Waals surface area contributed by atoms with Gasteiger partial charge in [-0.1, -0.05) is 24.3 Å². The molecular formula is C20H19N7O. The Morgan fingerprint density at radius 1 is 1.14 bits per heavy atom. The van der Waals surface area contributed by atoms with Crippen LogP contribution in [0.15, 0.2) is 42.9 Å². The third-order valence-electron chi connectivity index (χ3n) is 5.33. The first-order valence-electron chi connectivity index (χ1n) is 9.15. The fraction of sp³-hybridized carbons (Fsp3) is 0.250. The molecule has 0 aliphatic carbocycles. The van der Waals surface area contributed by atoms with E-state index in [9.17, 15) is 4.79 Å². The van der Waals surface area contributed by atoms with Crippen LogP contribution in [0.1, 0.15) is 21.7 Å². The van der Waals surface area contributed by atoms with E-state index < -0.39 is 0 Å². The van der Waals surface area contributed by atoms with Gasteiger partial charge in [0.2, 0.25) is 0 Å². The average molecular weight is 373 g/mol. The molecule has 28 heavy (non-hydrogen) atoms. The van der Waals surface area contributed by atoms with Gasteiger partial charge in [0, 0.05) is 49.9 Å². The van der Waals surface area contributed by atoms with Gasteiger partial charge in [0.15, 0.2) is 5.82 Å². The largest absolute Gasteiger partial charge is 0.332 e. The highest BCUT2D eigenvalue weighted by Crippen LogP contribution is 2.29. The molecule has 1 aliphatic rings. The monoisotopic (exact) mass is 373 g/mol. The lowest BCUT2D eigenvalue weighted by molar-refractivity contribution is 0.0730. The van der Waals surface area contributed by atoms with Crippen LogP contribution >= 0.6 is 0 Å². The first kappa shape index (κ1) is 16.6. The average Bonchev–Trinajstić information content (AvgIpc) is 3.29. The van der Waals surface area contributed by atoms with E-state index >= 15 is 0 Å². The molecule has 4 aromatic rings. The molecule has 1 amide bonds. The predicted octanol–water partition coefficient (Wildman–Crippen LogP) is 1.96. The van der Waals surface area contributed by atoms with Crippen LogP contribution in [0, 0.1) is 0 Å². The Kier molecular flexibility index (Phi) is 3.71. The van der Waals surface area contributed by atoms with Gasteiger partial charge in [0.25, 0.3) is 5.91 Å². The topological polar surface area (TPSA) is 81.7 Å². The summed E-state index contributed by atoms with van der Waals surface area (Å²) in [6.45, 7) is 1.11. The second kappa shape index (κ2) is 6.26. The molecule has 0 unspecified atom stereocenters. The van der Waals surface area contributed by atoms with Gasteiger partial charge in [0.1, 0.15) is 17.7 Å². The maximum atomic E-state index is 13.3. The summed E-state index contributed by atoms with van der Waals surface area (Å²) >= 11 is 0. The second-order valence-corrected chi connectivity index (χ2v) is 7.02. The molecule has 1 aromatic carbocycles. The number of aryl methyl sites for hydroxylation is 2. The van der Waals surface area contributed by atoms with E-state index in [1.165, 1.54) is 0 Å². The molecule has 0 saturated carbocycles. The lowest BCUT2D eigenvalue weighted by Gasteiger charge is -2.27. The van der Waals surface area contributed by atoms with Gasteiger partial charge in [-0.15, -0.1) is 10.2 Å². The van der Waals surface area contributed by atoms with E-state index in [0.717, 1.165) is 34.1 Å². The van der Waals surface area contributed by atoms with Crippen molar-refractivity contribution in [3.05, 3.63) is 59.8 Å². The molecular weight excluding hydrogens is 354 g/mol. The van der Waals surface area contributed by atoms with E-state index in [2.05, 4.69) is 20.3 Å². The van der Waals surface area contributed by atoms with E-state index in [0.29, 0.717) is 24.6 Å². The van der Waals surface area contributed by atoms with Crippen molar-refractivity contribution in [3.8, 4) is 11.5 Å². The van der Waals surface area contributed by atoms with Crippen molar-refractivity contribution in [1.82, 2.24) is 34.4 Å². The quantitative estimate of drug-likeness (QED) is 0.536. The number of fused-ring (bicyclic) bond motifs is 2. The zero-order valence-electron chi connectivity index (χ0n) is 15.7. The lowest BCUT2D eigenvalue weighted by Crippen LogP contribution is -2.37. The molecule has 0 spiro atoms. The molecule has 8 nitrogen and oxygen atoms in total. The zero-order valence-corrected chi connectivity index (χ0v) is 15.7. The highest BCUT2D eigenvalue weighted by molar-refractivity contribution is 6.05. The van der Waals surface area contributed by atoms with Crippen LogP contribution < -0.4 is 0 Å². The van der Waals surface area contributed by atoms with Crippen molar-refractivity contribution < 1.29 is 4.79 Å². The van der Waals surface area contributed by atoms with Crippen LogP contribution in [0.5, 0.6) is 0 Å². The van der Waals surface area contributed by atoms with Crippen molar-refractivity contribution >= 4 is 16.7 Å². The van der Waals surface area contributed by atoms with Crippen LogP contribution in [0.25, 0.3) is 22.3 Å². The Balaban J connectivity index is 1.54. The minimum Gasteiger partial charge on any atom is -0.332 e. The van der Waals surface area contributed by atoms with Gasteiger partial charge in [-0.2, -0.15) is 5.10 Å². The van der Waals surface area contributed by atoms with E-state index in [-0.39, 0.29) is 5.91 Å². The van der Waals surface area contributed by atoms with Gasteiger partial charge < -0.3 is 9.47 Å². The molecule has 0 saturated heterocycles. The van der Waals surface area contributed by atoms with E-state index in [1.54, 1.807) is 12.5 Å². The minimum atomic E-state index is -0.0600. The molecule has 140 valence electrons. The molecule has 0 atom stereocenters. The van der Waals surface area contributed by atoms with Crippen molar-refractivity contribution in [3.63, 3.8) is 0 Å². The number of carbonyl (C=O) groups is 1. The van der Waals surface area contributed by atoms with Crippen LogP contribution in [0.2, 0.25) is 0 Å². The Bertz CT molecular complexity index is 1200. The number of pyridine rings is 1. The summed E-state index contributed by atoms with van der Waals surface area (Å²) in [6, 6.07) is 9.76. The molecule has 8 heteroatoms. The van der Waals surface area contributed by atoms with Crippen LogP contribution in [0.3, 0.4) is 0 Å². The van der Waals surface area contributed by atoms with Gasteiger partial charge in [0.05, 0.1) is 6.54 Å². The fourth-order valence-corrected chi connectivity index (χ4v) is 3.88. The van der Waals surface area contributed by atoms with E-state index in [4.69, 9.17) is 0 Å². The Morgan fingerprint density at radius 3 is 2.82 bits per heavy atom. The molecule has 0 bridgehead atoms. The number of hydrogen-bond acceptors (Lipinski definition) is 5. The first-order valence-corrected chi connectivity index (χ1v) is 9.15. The summed E-state index contributed by atoms with van der Waals surface area (Å²) in [7, 11) is 3.82. The third kappa shape index (κ3) is 2.49. The second-order valence-electron chi connectivity index (χ2n) is 7.02. The highest BCUT2D eigenvalue weighted by Gasteiger charge is 2.30. The number of hydrogen-bond donors (Lipinski definition) is 0. The molecule has 5 rings (SSSR count). The minimum absolute atomic E-state index is 0.0600. The summed E-state index contributed by atoms with van der Waals surface area (Å²) in [5.74, 6) is 0.643. The van der Waals surface area contributed by atoms with Gasteiger partial charge in [-0.25, -0.2) is 0 Å². The summed E-state index contributed by atoms with van der Waals surface area (Å²) in [5, 5.41) is 14.7. The standard InChI is InChI=1S/C20H19N7O/c1-25-12-22-23-19(25)17-15-11-27(10-8-16(15)26(2)24-17)20(28)18-14-6-4-3-5-13(14)7-9-21-18/h3-7,9,12H,8,10-11H2,1-2H3. The van der Waals surface area contributed by atoms with Crippen LogP contribution in [-0.4, -0.2) is 46.9 Å². The summed E-state index contributed by atoms with van der Waals surface area (Å²) < 4.78 is 3.73. The molecule has 4 heterocycles. The lowest BCUT2D eigenvalue weighted by atomic mass is 10.0. The Hall–Kier alpha value is -3.55. The molecule has 3 aromatic heterocycles. The summed E-state index contributed by atoms with van der Waals surface area (Å²) in [6.07, 6.45) is 4.09. The maximum absolute atomic E-state index is 13.3. The molecule has 0 N–H and O–H groups in total. The zero-order chi connectivity index (χ0) is 19.3. The number of nitrogens with zero attached hydrogens (tertiary/aromatic N) is 7. The van der Waals surface area contributed by atoms with Crippen molar-refractivity contribution in [2.45, 2.75) is 13.0 Å². The van der Waals surface area contributed by atoms with Crippen LogP contribution in [0.4, 0.5) is 0 Å². The van der Waals surface area contributed by atoms with Gasteiger partial charge in [-0.05, 0) is 11.5 Å². The predicted molar refractivity (Wildman–Crippen MR) is 103 cm³/mol. The van der Waals surface area contributed by atoms with E-state index in [1.807, 2.05) is 58.6 Å². The van der Waals surface area contributed by atoms with Crippen molar-refractivity contribution in [2.24, 2.45) is 14.1 Å². The SMILES string of the molecule is Cn1cnnc1-c1nn(C)c2c1CN(C(=O)c1nccc3ccccc13)CC2. The normalized spacial score (nSPS) is 13.7. The van der Waals surface area contributed by atoms with Crippen molar-refractivity contribution in [2.75, 3.05) is 6.54 Å². The Labute approximate surface area is 161 Å². The van der Waals surface area contributed by atoms with Gasteiger partial charge in [-0.3, -0.25) is 14.5 Å².